The fourth-order valence-electron chi connectivity index (χ4n) is 4.72. The second-order valence-corrected chi connectivity index (χ2v) is 8.55. The van der Waals surface area contributed by atoms with E-state index in [4.69, 9.17) is 0 Å². The van der Waals surface area contributed by atoms with Crippen molar-refractivity contribution in [1.29, 1.82) is 0 Å². The first-order valence-electron chi connectivity index (χ1n) is 10.5. The van der Waals surface area contributed by atoms with Gasteiger partial charge in [-0.25, -0.2) is 9.13 Å². The lowest BCUT2D eigenvalue weighted by Crippen LogP contribution is -2.32. The number of aryl methyl sites for hydroxylation is 4. The highest BCUT2D eigenvalue weighted by atomic mass is 14.9. The highest BCUT2D eigenvalue weighted by Crippen LogP contribution is 2.39. The lowest BCUT2D eigenvalue weighted by atomic mass is 9.88. The van der Waals surface area contributed by atoms with Crippen molar-refractivity contribution in [2.45, 2.75) is 52.4 Å². The minimum atomic E-state index is 0.698. The van der Waals surface area contributed by atoms with Gasteiger partial charge in [-0.1, -0.05) is 12.8 Å². The summed E-state index contributed by atoms with van der Waals surface area (Å²) in [6.07, 6.45) is 9.77. The molecule has 1 saturated carbocycles. The van der Waals surface area contributed by atoms with E-state index >= 15 is 0 Å². The van der Waals surface area contributed by atoms with E-state index in [1.807, 2.05) is 0 Å². The minimum Gasteiger partial charge on any atom is -0.201 e. The third-order valence-corrected chi connectivity index (χ3v) is 6.61. The zero-order chi connectivity index (χ0) is 19.8. The Hall–Kier alpha value is -2.48. The molecule has 0 saturated heterocycles. The monoisotopic (exact) mass is 372 g/mol. The Bertz CT molecular complexity index is 1030. The molecule has 0 N–H and O–H groups in total. The van der Waals surface area contributed by atoms with E-state index in [9.17, 15) is 0 Å². The maximum atomic E-state index is 2.47. The van der Waals surface area contributed by atoms with Crippen LogP contribution in [0.15, 0.2) is 48.8 Å². The predicted octanol–water partition coefficient (Wildman–Crippen LogP) is 5.25. The molecule has 0 spiro atoms. The summed E-state index contributed by atoms with van der Waals surface area (Å²) in [5.41, 5.74) is 10.9. The molecule has 0 radical (unpaired) electrons. The normalized spacial score (nSPS) is 14.6. The van der Waals surface area contributed by atoms with Gasteiger partial charge in [0.05, 0.1) is 11.1 Å². The van der Waals surface area contributed by atoms with Gasteiger partial charge in [0.1, 0.15) is 14.1 Å². The van der Waals surface area contributed by atoms with Crippen LogP contribution in [0.2, 0.25) is 0 Å². The Kier molecular flexibility index (Phi) is 5.05. The molecule has 0 bridgehead atoms. The van der Waals surface area contributed by atoms with Crippen molar-refractivity contribution >= 4 is 0 Å². The molecule has 0 unspecified atom stereocenters. The van der Waals surface area contributed by atoms with Gasteiger partial charge in [0.15, 0.2) is 12.4 Å². The van der Waals surface area contributed by atoms with Crippen molar-refractivity contribution in [3.05, 3.63) is 71.0 Å². The van der Waals surface area contributed by atoms with Gasteiger partial charge in [-0.3, -0.25) is 0 Å². The second-order valence-electron chi connectivity index (χ2n) is 8.55. The van der Waals surface area contributed by atoms with Crippen LogP contribution in [0.5, 0.6) is 0 Å². The van der Waals surface area contributed by atoms with Crippen LogP contribution in [0, 0.1) is 20.8 Å². The molecule has 2 heteroatoms. The molecular weight excluding hydrogens is 340 g/mol. The molecule has 28 heavy (non-hydrogen) atoms. The molecule has 1 aliphatic rings. The Balaban J connectivity index is 1.98. The molecule has 2 nitrogen and oxygen atoms in total. The summed E-state index contributed by atoms with van der Waals surface area (Å²) in [5.74, 6) is 0.698. The lowest BCUT2D eigenvalue weighted by Gasteiger charge is -2.17. The van der Waals surface area contributed by atoms with Crippen LogP contribution in [-0.4, -0.2) is 0 Å². The van der Waals surface area contributed by atoms with E-state index in [-0.39, 0.29) is 0 Å². The van der Waals surface area contributed by atoms with Gasteiger partial charge < -0.3 is 0 Å². The topological polar surface area (TPSA) is 7.76 Å². The summed E-state index contributed by atoms with van der Waals surface area (Å²) in [6, 6.07) is 13.8. The van der Waals surface area contributed by atoms with Crippen LogP contribution in [0.1, 0.15) is 53.9 Å². The van der Waals surface area contributed by atoms with Gasteiger partial charge in [-0.2, -0.15) is 0 Å². The van der Waals surface area contributed by atoms with Crippen LogP contribution >= 0.6 is 0 Å². The molecule has 0 aliphatic heterocycles. The first-order valence-corrected chi connectivity index (χ1v) is 10.5. The van der Waals surface area contributed by atoms with Crippen LogP contribution in [0.3, 0.4) is 0 Å². The number of aromatic nitrogens is 2. The first-order chi connectivity index (χ1) is 13.5. The molecule has 2 aromatic heterocycles. The van der Waals surface area contributed by atoms with E-state index < -0.39 is 0 Å². The molecule has 1 fully saturated rings. The Morgan fingerprint density at radius 2 is 1.46 bits per heavy atom. The van der Waals surface area contributed by atoms with E-state index in [0.717, 1.165) is 0 Å². The summed E-state index contributed by atoms with van der Waals surface area (Å²) in [4.78, 5) is 0. The second kappa shape index (κ2) is 7.50. The van der Waals surface area contributed by atoms with Gasteiger partial charge in [0.25, 0.3) is 0 Å². The third-order valence-electron chi connectivity index (χ3n) is 6.61. The van der Waals surface area contributed by atoms with Gasteiger partial charge in [-0.05, 0) is 74.4 Å². The fourth-order valence-corrected chi connectivity index (χ4v) is 4.72. The third kappa shape index (κ3) is 3.37. The summed E-state index contributed by atoms with van der Waals surface area (Å²) >= 11 is 0. The van der Waals surface area contributed by atoms with Crippen LogP contribution in [0.4, 0.5) is 0 Å². The lowest BCUT2D eigenvalue weighted by molar-refractivity contribution is -0.660. The summed E-state index contributed by atoms with van der Waals surface area (Å²) < 4.78 is 4.53. The van der Waals surface area contributed by atoms with E-state index in [2.05, 4.69) is 92.8 Å². The first kappa shape index (κ1) is 18.9. The number of hydrogen-bond acceptors (Lipinski definition) is 0. The number of hydrogen-bond donors (Lipinski definition) is 0. The standard InChI is InChI=1S/C26H32N2/c1-18-14-26(28(5)17-19(18)2)24-16-22(21-10-6-7-11-21)15-23(20(24)3)25-12-8-9-13-27(25)4/h8-9,12-17,21H,6-7,10-11H2,1-5H3/q+2. The fraction of sp³-hybridized carbons (Fsp3) is 0.385. The largest absolute Gasteiger partial charge is 0.212 e. The summed E-state index contributed by atoms with van der Waals surface area (Å²) in [6.45, 7) is 6.69. The smallest absolute Gasteiger partial charge is 0.201 e. The predicted molar refractivity (Wildman–Crippen MR) is 115 cm³/mol. The van der Waals surface area contributed by atoms with Crippen molar-refractivity contribution in [2.24, 2.45) is 14.1 Å². The maximum absolute atomic E-state index is 2.47. The molecule has 3 aromatic rings. The number of pyridine rings is 2. The summed E-state index contributed by atoms with van der Waals surface area (Å²) in [7, 11) is 4.32. The van der Waals surface area contributed by atoms with Crippen molar-refractivity contribution in [2.75, 3.05) is 0 Å². The van der Waals surface area contributed by atoms with E-state index in [0.29, 0.717) is 5.92 Å². The maximum Gasteiger partial charge on any atom is 0.212 e. The number of rotatable bonds is 3. The Morgan fingerprint density at radius 1 is 0.786 bits per heavy atom. The van der Waals surface area contributed by atoms with Gasteiger partial charge in [-0.15, -0.1) is 0 Å². The van der Waals surface area contributed by atoms with E-state index in [1.54, 1.807) is 0 Å². The molecule has 1 aliphatic carbocycles. The molecule has 4 rings (SSSR count). The SMILES string of the molecule is Cc1cc(-c2cc(C3CCCC3)cc(-c3cccc[n+]3C)c2C)[n+](C)cc1C. The van der Waals surface area contributed by atoms with Crippen molar-refractivity contribution < 1.29 is 9.13 Å². The average molecular weight is 373 g/mol. The quantitative estimate of drug-likeness (QED) is 0.555. The van der Waals surface area contributed by atoms with Crippen molar-refractivity contribution in [1.82, 2.24) is 0 Å². The van der Waals surface area contributed by atoms with Crippen LogP contribution in [-0.2, 0) is 14.1 Å². The molecular formula is C26H32N2+2. The van der Waals surface area contributed by atoms with E-state index in [1.165, 1.54) is 70.5 Å². The van der Waals surface area contributed by atoms with Gasteiger partial charge in [0.2, 0.25) is 11.4 Å². The Morgan fingerprint density at radius 3 is 2.14 bits per heavy atom. The molecule has 1 aromatic carbocycles. The van der Waals surface area contributed by atoms with Crippen LogP contribution < -0.4 is 9.13 Å². The molecule has 2 heterocycles. The highest BCUT2D eigenvalue weighted by molar-refractivity contribution is 5.75. The Labute approximate surface area is 169 Å². The molecule has 0 atom stereocenters. The van der Waals surface area contributed by atoms with Crippen LogP contribution in [0.25, 0.3) is 22.5 Å². The highest BCUT2D eigenvalue weighted by Gasteiger charge is 2.25. The van der Waals surface area contributed by atoms with Gasteiger partial charge in [0, 0.05) is 23.8 Å². The molecule has 0 amide bonds. The molecule has 144 valence electrons. The van der Waals surface area contributed by atoms with Crippen molar-refractivity contribution in [3.8, 4) is 22.5 Å². The number of benzene rings is 1. The minimum absolute atomic E-state index is 0.698. The number of nitrogens with zero attached hydrogens (tertiary/aromatic N) is 2. The summed E-state index contributed by atoms with van der Waals surface area (Å²) in [5, 5.41) is 0. The average Bonchev–Trinajstić information content (AvgIpc) is 3.21. The zero-order valence-corrected chi connectivity index (χ0v) is 17.9. The zero-order valence-electron chi connectivity index (χ0n) is 17.9. The van der Waals surface area contributed by atoms with Crippen molar-refractivity contribution in [3.63, 3.8) is 0 Å². The van der Waals surface area contributed by atoms with Gasteiger partial charge >= 0.3 is 0 Å².